The molecule has 6 heteroatoms. The van der Waals surface area contributed by atoms with Crippen LogP contribution in [0.4, 0.5) is 0 Å². The lowest BCUT2D eigenvalue weighted by atomic mass is 10.0. The second-order valence-electron chi connectivity index (χ2n) is 4.54. The molecule has 0 saturated carbocycles. The Labute approximate surface area is 127 Å². The largest absolute Gasteiger partial charge is 0.480 e. The van der Waals surface area contributed by atoms with Gasteiger partial charge in [0.05, 0.1) is 0 Å². The number of nitrogens with one attached hydrogen (secondary N) is 1. The first-order chi connectivity index (χ1) is 9.32. The van der Waals surface area contributed by atoms with Crippen molar-refractivity contribution in [2.45, 2.75) is 19.9 Å². The van der Waals surface area contributed by atoms with E-state index >= 15 is 0 Å². The maximum atomic E-state index is 11.7. The van der Waals surface area contributed by atoms with Gasteiger partial charge in [-0.2, -0.15) is 0 Å². The van der Waals surface area contributed by atoms with Gasteiger partial charge in [-0.3, -0.25) is 4.79 Å². The predicted molar refractivity (Wildman–Crippen MR) is 79.9 cm³/mol. The molecule has 1 amide bonds. The van der Waals surface area contributed by atoms with E-state index in [1.807, 2.05) is 0 Å². The molecule has 1 aromatic carbocycles. The minimum absolute atomic E-state index is 0.214. The minimum atomic E-state index is -1.07. The van der Waals surface area contributed by atoms with Gasteiger partial charge in [0, 0.05) is 21.7 Å². The van der Waals surface area contributed by atoms with Crippen molar-refractivity contribution < 1.29 is 14.7 Å². The standard InChI is InChI=1S/C14H15Cl2NO3/c1-8(2)13(14(19)20)17-12(18)7-6-9-10(15)4-3-5-11(9)16/h3-8,13H,1-2H3,(H,17,18)(H,19,20)/b7-6+/t13-/m0/s1. The van der Waals surface area contributed by atoms with E-state index < -0.39 is 17.9 Å². The predicted octanol–water partition coefficient (Wildman–Crippen LogP) is 3.23. The van der Waals surface area contributed by atoms with E-state index in [9.17, 15) is 9.59 Å². The number of hydrogen-bond donors (Lipinski definition) is 2. The average molecular weight is 316 g/mol. The lowest BCUT2D eigenvalue weighted by molar-refractivity contribution is -0.142. The van der Waals surface area contributed by atoms with Crippen LogP contribution in [0.5, 0.6) is 0 Å². The first kappa shape index (κ1) is 16.5. The maximum Gasteiger partial charge on any atom is 0.326 e. The Bertz CT molecular complexity index is 521. The molecule has 0 aliphatic carbocycles. The van der Waals surface area contributed by atoms with E-state index in [1.165, 1.54) is 12.2 Å². The fourth-order valence-electron chi connectivity index (χ4n) is 1.54. The third-order valence-corrected chi connectivity index (χ3v) is 3.29. The molecule has 0 radical (unpaired) electrons. The zero-order valence-electron chi connectivity index (χ0n) is 11.1. The number of rotatable bonds is 5. The summed E-state index contributed by atoms with van der Waals surface area (Å²) in [7, 11) is 0. The lowest BCUT2D eigenvalue weighted by Crippen LogP contribution is -2.43. The number of amides is 1. The molecule has 0 heterocycles. The van der Waals surface area contributed by atoms with Crippen LogP contribution in [0.3, 0.4) is 0 Å². The fourth-order valence-corrected chi connectivity index (χ4v) is 2.07. The highest BCUT2D eigenvalue weighted by Crippen LogP contribution is 2.25. The molecule has 1 aromatic rings. The van der Waals surface area contributed by atoms with E-state index in [4.69, 9.17) is 28.3 Å². The normalized spacial score (nSPS) is 12.7. The van der Waals surface area contributed by atoms with Crippen molar-refractivity contribution in [1.29, 1.82) is 0 Å². The van der Waals surface area contributed by atoms with Gasteiger partial charge < -0.3 is 10.4 Å². The number of carbonyl (C=O) groups excluding carboxylic acids is 1. The number of halogens is 2. The van der Waals surface area contributed by atoms with E-state index in [0.717, 1.165) is 0 Å². The van der Waals surface area contributed by atoms with Crippen LogP contribution >= 0.6 is 23.2 Å². The van der Waals surface area contributed by atoms with Gasteiger partial charge in [0.15, 0.2) is 0 Å². The van der Waals surface area contributed by atoms with E-state index in [-0.39, 0.29) is 5.92 Å². The van der Waals surface area contributed by atoms with E-state index in [1.54, 1.807) is 32.0 Å². The number of carboxylic acid groups (broad SMARTS) is 1. The first-order valence-electron chi connectivity index (χ1n) is 5.98. The summed E-state index contributed by atoms with van der Waals surface area (Å²) in [6, 6.07) is 4.06. The van der Waals surface area contributed by atoms with Crippen LogP contribution in [-0.2, 0) is 9.59 Å². The summed E-state index contributed by atoms with van der Waals surface area (Å²) >= 11 is 11.9. The first-order valence-corrected chi connectivity index (χ1v) is 6.74. The van der Waals surface area contributed by atoms with Gasteiger partial charge >= 0.3 is 5.97 Å². The number of carbonyl (C=O) groups is 2. The zero-order valence-corrected chi connectivity index (χ0v) is 12.6. The highest BCUT2D eigenvalue weighted by molar-refractivity contribution is 6.37. The van der Waals surface area contributed by atoms with Crippen molar-refractivity contribution in [3.8, 4) is 0 Å². The molecule has 20 heavy (non-hydrogen) atoms. The van der Waals surface area contributed by atoms with E-state index in [0.29, 0.717) is 15.6 Å². The molecule has 0 bridgehead atoms. The topological polar surface area (TPSA) is 66.4 Å². The molecule has 0 aliphatic heterocycles. The molecule has 1 rings (SSSR count). The summed E-state index contributed by atoms with van der Waals surface area (Å²) in [5, 5.41) is 12.2. The Morgan fingerprint density at radius 2 is 1.80 bits per heavy atom. The van der Waals surface area contributed by atoms with Crippen LogP contribution in [0.1, 0.15) is 19.4 Å². The Morgan fingerprint density at radius 3 is 2.25 bits per heavy atom. The Hall–Kier alpha value is -1.52. The molecular weight excluding hydrogens is 301 g/mol. The SMILES string of the molecule is CC(C)[C@H](NC(=O)/C=C/c1c(Cl)cccc1Cl)C(=O)O. The van der Waals surface area contributed by atoms with Gasteiger partial charge in [0.2, 0.25) is 5.91 Å². The summed E-state index contributed by atoms with van der Waals surface area (Å²) in [4.78, 5) is 22.7. The Morgan fingerprint density at radius 1 is 1.25 bits per heavy atom. The summed E-state index contributed by atoms with van der Waals surface area (Å²) in [5.74, 6) is -1.80. The van der Waals surface area contributed by atoms with Crippen LogP contribution in [0.15, 0.2) is 24.3 Å². The number of aliphatic carboxylic acids is 1. The second-order valence-corrected chi connectivity index (χ2v) is 5.35. The van der Waals surface area contributed by atoms with Crippen LogP contribution in [0.2, 0.25) is 10.0 Å². The summed E-state index contributed by atoms with van der Waals surface area (Å²) in [5.41, 5.74) is 0.516. The highest BCUT2D eigenvalue weighted by Gasteiger charge is 2.22. The maximum absolute atomic E-state index is 11.7. The second kappa shape index (κ2) is 7.31. The monoisotopic (exact) mass is 315 g/mol. The Balaban J connectivity index is 2.80. The van der Waals surface area contributed by atoms with Gasteiger partial charge in [-0.25, -0.2) is 4.79 Å². The van der Waals surface area contributed by atoms with Gasteiger partial charge in [-0.15, -0.1) is 0 Å². The smallest absolute Gasteiger partial charge is 0.326 e. The third kappa shape index (κ3) is 4.54. The van der Waals surface area contributed by atoms with Crippen LogP contribution in [-0.4, -0.2) is 23.0 Å². The zero-order chi connectivity index (χ0) is 15.3. The number of benzene rings is 1. The van der Waals surface area contributed by atoms with E-state index in [2.05, 4.69) is 5.32 Å². The Kier molecular flexibility index (Phi) is 6.05. The van der Waals surface area contributed by atoms with Gasteiger partial charge in [0.25, 0.3) is 0 Å². The minimum Gasteiger partial charge on any atom is -0.480 e. The third-order valence-electron chi connectivity index (χ3n) is 2.63. The molecule has 0 aromatic heterocycles. The quantitative estimate of drug-likeness (QED) is 0.820. The molecule has 1 atom stereocenters. The molecule has 0 saturated heterocycles. The summed E-state index contributed by atoms with van der Waals surface area (Å²) in [6.07, 6.45) is 2.67. The molecule has 4 nitrogen and oxygen atoms in total. The van der Waals surface area contributed by atoms with Gasteiger partial charge in [-0.1, -0.05) is 43.1 Å². The van der Waals surface area contributed by atoms with Crippen LogP contribution in [0.25, 0.3) is 6.08 Å². The average Bonchev–Trinajstić information content (AvgIpc) is 2.34. The highest BCUT2D eigenvalue weighted by atomic mass is 35.5. The molecular formula is C14H15Cl2NO3. The van der Waals surface area contributed by atoms with Crippen molar-refractivity contribution in [3.05, 3.63) is 39.9 Å². The van der Waals surface area contributed by atoms with Crippen LogP contribution in [0, 0.1) is 5.92 Å². The van der Waals surface area contributed by atoms with Gasteiger partial charge in [-0.05, 0) is 24.1 Å². The summed E-state index contributed by atoms with van der Waals surface area (Å²) in [6.45, 7) is 3.43. The van der Waals surface area contributed by atoms with Crippen molar-refractivity contribution in [2.24, 2.45) is 5.92 Å². The van der Waals surface area contributed by atoms with Crippen molar-refractivity contribution >= 4 is 41.2 Å². The molecule has 0 unspecified atom stereocenters. The van der Waals surface area contributed by atoms with Crippen molar-refractivity contribution in [1.82, 2.24) is 5.32 Å². The van der Waals surface area contributed by atoms with Crippen LogP contribution < -0.4 is 5.32 Å². The summed E-state index contributed by atoms with van der Waals surface area (Å²) < 4.78 is 0. The molecule has 0 fully saturated rings. The molecule has 0 spiro atoms. The molecule has 108 valence electrons. The lowest BCUT2D eigenvalue weighted by Gasteiger charge is -2.16. The molecule has 0 aliphatic rings. The number of hydrogen-bond acceptors (Lipinski definition) is 2. The number of carboxylic acids is 1. The van der Waals surface area contributed by atoms with Crippen molar-refractivity contribution in [3.63, 3.8) is 0 Å². The van der Waals surface area contributed by atoms with Gasteiger partial charge in [0.1, 0.15) is 6.04 Å². The fraction of sp³-hybridized carbons (Fsp3) is 0.286. The van der Waals surface area contributed by atoms with Crippen molar-refractivity contribution in [2.75, 3.05) is 0 Å². The molecule has 2 N–H and O–H groups in total.